The number of ketones is 2. The molecule has 0 radical (unpaired) electrons. The zero-order chi connectivity index (χ0) is 21.5. The van der Waals surface area contributed by atoms with Crippen molar-refractivity contribution < 1.29 is 23.9 Å². The first-order valence-electron chi connectivity index (χ1n) is 9.89. The van der Waals surface area contributed by atoms with E-state index in [0.717, 1.165) is 6.42 Å². The van der Waals surface area contributed by atoms with Crippen LogP contribution in [0.15, 0.2) is 57.6 Å². The predicted molar refractivity (Wildman–Crippen MR) is 110 cm³/mol. The molecule has 3 aliphatic rings. The Labute approximate surface area is 175 Å². The van der Waals surface area contributed by atoms with E-state index in [2.05, 4.69) is 13.8 Å². The van der Waals surface area contributed by atoms with Gasteiger partial charge in [-0.2, -0.15) is 0 Å². The predicted octanol–water partition coefficient (Wildman–Crippen LogP) is 4.69. The Bertz CT molecular complexity index is 946. The van der Waals surface area contributed by atoms with Crippen molar-refractivity contribution in [3.05, 3.63) is 57.6 Å². The lowest BCUT2D eigenvalue weighted by molar-refractivity contribution is -0.153. The molecule has 0 unspecified atom stereocenters. The van der Waals surface area contributed by atoms with Crippen LogP contribution in [0.3, 0.4) is 0 Å². The highest BCUT2D eigenvalue weighted by molar-refractivity contribution is 6.46. The van der Waals surface area contributed by atoms with Crippen LogP contribution in [0.5, 0.6) is 0 Å². The normalized spacial score (nSPS) is 25.9. The van der Waals surface area contributed by atoms with Gasteiger partial charge in [-0.1, -0.05) is 51.8 Å². The van der Waals surface area contributed by atoms with Crippen LogP contribution in [0.25, 0.3) is 0 Å². The van der Waals surface area contributed by atoms with E-state index in [-0.39, 0.29) is 27.9 Å². The second-order valence-corrected chi connectivity index (χ2v) is 8.22. The fourth-order valence-corrected chi connectivity index (χ4v) is 3.81. The van der Waals surface area contributed by atoms with Gasteiger partial charge in [0.1, 0.15) is 11.3 Å². The number of carbonyl (C=O) groups is 3. The number of allylic oxidation sites excluding steroid dienone is 4. The molecule has 0 amide bonds. The molecule has 0 aromatic heterocycles. The molecule has 5 nitrogen and oxygen atoms in total. The molecule has 0 aromatic rings. The van der Waals surface area contributed by atoms with Gasteiger partial charge in [0.15, 0.2) is 11.4 Å². The van der Waals surface area contributed by atoms with E-state index in [1.165, 1.54) is 13.2 Å². The molecule has 2 aliphatic heterocycles. The quantitative estimate of drug-likeness (QED) is 0.464. The molecule has 29 heavy (non-hydrogen) atoms. The van der Waals surface area contributed by atoms with Crippen molar-refractivity contribution in [2.75, 3.05) is 0 Å². The number of halogens is 1. The number of hydrogen-bond donors (Lipinski definition) is 0. The van der Waals surface area contributed by atoms with Gasteiger partial charge >= 0.3 is 5.97 Å². The summed E-state index contributed by atoms with van der Waals surface area (Å²) in [6.07, 6.45) is 8.49. The number of carbonyl (C=O) groups excluding carboxylic acids is 3. The number of ether oxygens (including phenoxy) is 2. The summed E-state index contributed by atoms with van der Waals surface area (Å²) in [5.41, 5.74) is -0.581. The average molecular weight is 417 g/mol. The lowest BCUT2D eigenvalue weighted by Crippen LogP contribution is -2.42. The molecule has 0 N–H and O–H groups in total. The van der Waals surface area contributed by atoms with Crippen LogP contribution in [0.4, 0.5) is 0 Å². The highest BCUT2D eigenvalue weighted by atomic mass is 35.5. The zero-order valence-corrected chi connectivity index (χ0v) is 18.1. The molecular formula is C23H25ClO5. The number of fused-ring (bicyclic) bond motifs is 3. The number of hydrogen-bond acceptors (Lipinski definition) is 5. The van der Waals surface area contributed by atoms with Gasteiger partial charge in [0.2, 0.25) is 5.78 Å². The minimum absolute atomic E-state index is 0.0368. The van der Waals surface area contributed by atoms with Gasteiger partial charge in [0.25, 0.3) is 0 Å². The topological polar surface area (TPSA) is 69.7 Å². The van der Waals surface area contributed by atoms with E-state index in [0.29, 0.717) is 29.2 Å². The molecular weight excluding hydrogens is 392 g/mol. The van der Waals surface area contributed by atoms with E-state index in [9.17, 15) is 14.4 Å². The summed E-state index contributed by atoms with van der Waals surface area (Å²) < 4.78 is 11.1. The van der Waals surface area contributed by atoms with Crippen LogP contribution < -0.4 is 0 Å². The molecule has 0 spiro atoms. The minimum Gasteiger partial charge on any atom is -0.464 e. The van der Waals surface area contributed by atoms with Crippen LogP contribution in [0.2, 0.25) is 0 Å². The lowest BCUT2D eigenvalue weighted by atomic mass is 9.75. The molecule has 0 saturated heterocycles. The summed E-state index contributed by atoms with van der Waals surface area (Å²) in [6.45, 7) is 9.26. The van der Waals surface area contributed by atoms with Gasteiger partial charge in [0.05, 0.1) is 11.3 Å². The first-order chi connectivity index (χ1) is 13.7. The highest BCUT2D eigenvalue weighted by Gasteiger charge is 2.57. The molecule has 0 bridgehead atoms. The van der Waals surface area contributed by atoms with Crippen molar-refractivity contribution in [2.45, 2.75) is 53.1 Å². The van der Waals surface area contributed by atoms with Crippen LogP contribution in [0.1, 0.15) is 47.5 Å². The van der Waals surface area contributed by atoms with Crippen LogP contribution in [0, 0.1) is 11.8 Å². The number of esters is 1. The van der Waals surface area contributed by atoms with Gasteiger partial charge in [-0.05, 0) is 31.4 Å². The summed E-state index contributed by atoms with van der Waals surface area (Å²) in [4.78, 5) is 38.5. The maximum atomic E-state index is 13.0. The third kappa shape index (κ3) is 3.42. The van der Waals surface area contributed by atoms with Gasteiger partial charge in [-0.3, -0.25) is 9.59 Å². The Kier molecular flexibility index (Phi) is 5.72. The van der Waals surface area contributed by atoms with Crippen molar-refractivity contribution in [3.8, 4) is 0 Å². The third-order valence-electron chi connectivity index (χ3n) is 5.80. The summed E-state index contributed by atoms with van der Waals surface area (Å²) in [5, 5.41) is -0.0368. The number of Topliss-reactive ketones (excluding diaryl/α,β-unsaturated/α-hetero) is 2. The molecule has 3 atom stereocenters. The Morgan fingerprint density at radius 3 is 2.55 bits per heavy atom. The average Bonchev–Trinajstić information content (AvgIpc) is 3.00. The molecule has 0 aromatic carbocycles. The fraction of sp³-hybridized carbons (Fsp3) is 0.435. The van der Waals surface area contributed by atoms with Gasteiger partial charge in [-0.25, -0.2) is 4.79 Å². The second-order valence-electron chi connectivity index (χ2n) is 7.84. The Balaban J connectivity index is 2.15. The first-order valence-corrected chi connectivity index (χ1v) is 10.3. The Morgan fingerprint density at radius 1 is 1.24 bits per heavy atom. The van der Waals surface area contributed by atoms with Gasteiger partial charge in [0, 0.05) is 22.6 Å². The standard InChI is InChI=1S/C23H25ClO5/c1-6-12(3)8-9-14-10-15-16(11-28-14)18-17(20(25)13(4)7-2)22(27)29-23(18,5)21(26)19(15)24/h8-13H,6-7H2,1-5H3/b9-8+/t12-,13+,23+/m0/s1. The van der Waals surface area contributed by atoms with Crippen molar-refractivity contribution in [2.24, 2.45) is 11.8 Å². The zero-order valence-electron chi connectivity index (χ0n) is 17.3. The SMILES string of the molecule is CC[C@H](C)/C=C/C1=CC2=C(Cl)C(=O)[C@]3(C)OC(=O)C(C(=O)[C@H](C)CC)=C3C2=CO1. The molecule has 2 heterocycles. The van der Waals surface area contributed by atoms with E-state index in [1.54, 1.807) is 13.0 Å². The van der Waals surface area contributed by atoms with Crippen molar-refractivity contribution >= 4 is 29.1 Å². The molecule has 1 aliphatic carbocycles. The van der Waals surface area contributed by atoms with E-state index in [4.69, 9.17) is 21.1 Å². The summed E-state index contributed by atoms with van der Waals surface area (Å²) in [5.74, 6) is -1.15. The Morgan fingerprint density at radius 2 is 1.93 bits per heavy atom. The van der Waals surface area contributed by atoms with E-state index in [1.807, 2.05) is 19.1 Å². The largest absolute Gasteiger partial charge is 0.464 e. The maximum absolute atomic E-state index is 13.0. The van der Waals surface area contributed by atoms with Gasteiger partial charge in [-0.15, -0.1) is 0 Å². The summed E-state index contributed by atoms with van der Waals surface area (Å²) in [7, 11) is 0. The number of rotatable bonds is 6. The van der Waals surface area contributed by atoms with E-state index >= 15 is 0 Å². The molecule has 154 valence electrons. The minimum atomic E-state index is -1.62. The molecule has 6 heteroatoms. The third-order valence-corrected chi connectivity index (χ3v) is 6.17. The summed E-state index contributed by atoms with van der Waals surface area (Å²) >= 11 is 6.38. The van der Waals surface area contributed by atoms with Crippen molar-refractivity contribution in [1.29, 1.82) is 0 Å². The Hall–Kier alpha value is -2.40. The maximum Gasteiger partial charge on any atom is 0.343 e. The van der Waals surface area contributed by atoms with Crippen LogP contribution in [-0.4, -0.2) is 23.1 Å². The second kappa shape index (κ2) is 7.79. The fourth-order valence-electron chi connectivity index (χ4n) is 3.47. The highest BCUT2D eigenvalue weighted by Crippen LogP contribution is 2.49. The van der Waals surface area contributed by atoms with Crippen LogP contribution >= 0.6 is 11.6 Å². The van der Waals surface area contributed by atoms with Gasteiger partial charge < -0.3 is 9.47 Å². The van der Waals surface area contributed by atoms with E-state index < -0.39 is 17.4 Å². The molecule has 0 fully saturated rings. The van der Waals surface area contributed by atoms with Crippen LogP contribution in [-0.2, 0) is 23.9 Å². The van der Waals surface area contributed by atoms with Crippen molar-refractivity contribution in [3.63, 3.8) is 0 Å². The monoisotopic (exact) mass is 416 g/mol. The smallest absolute Gasteiger partial charge is 0.343 e. The summed E-state index contributed by atoms with van der Waals surface area (Å²) in [6, 6.07) is 0. The van der Waals surface area contributed by atoms with Crippen molar-refractivity contribution in [1.82, 2.24) is 0 Å². The molecule has 3 rings (SSSR count). The first kappa shape index (κ1) is 21.3. The molecule has 0 saturated carbocycles. The lowest BCUT2D eigenvalue weighted by Gasteiger charge is -2.33.